The van der Waals surface area contributed by atoms with Gasteiger partial charge in [0.15, 0.2) is 0 Å². The van der Waals surface area contributed by atoms with Crippen LogP contribution in [0.15, 0.2) is 47.5 Å². The predicted molar refractivity (Wildman–Crippen MR) is 82.9 cm³/mol. The van der Waals surface area contributed by atoms with Crippen molar-refractivity contribution in [1.29, 1.82) is 0 Å². The summed E-state index contributed by atoms with van der Waals surface area (Å²) in [6, 6.07) is 11.5. The maximum atomic E-state index is 14.1. The van der Waals surface area contributed by atoms with Gasteiger partial charge in [-0.05, 0) is 30.3 Å². The van der Waals surface area contributed by atoms with Crippen molar-refractivity contribution in [2.45, 2.75) is 0 Å². The molecule has 0 spiro atoms. The minimum Gasteiger partial charge on any atom is -1.00 e. The molecule has 3 rings (SSSR count). The van der Waals surface area contributed by atoms with Gasteiger partial charge in [-0.25, -0.2) is 4.39 Å². The molecule has 0 bridgehead atoms. The number of hydrogen-bond acceptors (Lipinski definition) is 2. The van der Waals surface area contributed by atoms with Crippen molar-refractivity contribution < 1.29 is 40.2 Å². The van der Waals surface area contributed by atoms with E-state index < -0.39 is 0 Å². The Morgan fingerprint density at radius 2 is 1.95 bits per heavy atom. The van der Waals surface area contributed by atoms with Crippen LogP contribution in [0.4, 0.5) is 10.1 Å². The first-order valence-corrected chi connectivity index (χ1v) is 6.81. The molecule has 108 valence electrons. The van der Waals surface area contributed by atoms with Crippen LogP contribution in [-0.2, 0) is 4.79 Å². The number of nitrogens with zero attached hydrogens (tertiary/aromatic N) is 2. The van der Waals surface area contributed by atoms with Gasteiger partial charge in [-0.3, -0.25) is 9.79 Å². The third-order valence-corrected chi connectivity index (χ3v) is 3.69. The molecule has 3 nitrogen and oxygen atoms in total. The molecule has 2 aromatic rings. The molecule has 0 aliphatic carbocycles. The molecule has 6 heteroatoms. The average molecular weight is 327 g/mol. The third kappa shape index (κ3) is 3.10. The van der Waals surface area contributed by atoms with Crippen LogP contribution in [-0.4, -0.2) is 25.2 Å². The molecule has 2 aromatic carbocycles. The Kier molecular flexibility index (Phi) is 5.40. The summed E-state index contributed by atoms with van der Waals surface area (Å²) in [5.74, 6) is -0.524. The molecule has 0 aromatic heterocycles. The Labute approximate surface area is 156 Å². The van der Waals surface area contributed by atoms with E-state index in [1.54, 1.807) is 43.4 Å². The predicted octanol–water partition coefficient (Wildman–Crippen LogP) is 0.409. The van der Waals surface area contributed by atoms with Gasteiger partial charge >= 0.3 is 29.6 Å². The van der Waals surface area contributed by atoms with Crippen molar-refractivity contribution in [2.75, 3.05) is 18.5 Å². The molecule has 1 aliphatic heterocycles. The molecule has 0 atom stereocenters. The average Bonchev–Trinajstić information content (AvgIpc) is 2.59. The molecule has 22 heavy (non-hydrogen) atoms. The summed E-state index contributed by atoms with van der Waals surface area (Å²) in [5, 5.41) is 0.514. The number of benzodiazepines with no additional fused rings is 1. The van der Waals surface area contributed by atoms with Gasteiger partial charge in [-0.15, -0.1) is 0 Å². The van der Waals surface area contributed by atoms with Crippen LogP contribution in [0.25, 0.3) is 0 Å². The fourth-order valence-electron chi connectivity index (χ4n) is 2.35. The van der Waals surface area contributed by atoms with E-state index in [2.05, 4.69) is 4.99 Å². The van der Waals surface area contributed by atoms with Gasteiger partial charge in [-0.2, -0.15) is 0 Å². The molecule has 1 aliphatic rings. The number of hydrogen-bond donors (Lipinski definition) is 0. The monoisotopic (exact) mass is 326 g/mol. The minimum atomic E-state index is -0.376. The Morgan fingerprint density at radius 1 is 1.23 bits per heavy atom. The molecule has 1 amide bonds. The molecule has 1 heterocycles. The van der Waals surface area contributed by atoms with Crippen LogP contribution in [0.5, 0.6) is 0 Å². The van der Waals surface area contributed by atoms with E-state index in [9.17, 15) is 9.18 Å². The first-order valence-electron chi connectivity index (χ1n) is 6.44. The van der Waals surface area contributed by atoms with E-state index in [0.717, 1.165) is 0 Å². The summed E-state index contributed by atoms with van der Waals surface area (Å²) in [4.78, 5) is 17.8. The summed E-state index contributed by atoms with van der Waals surface area (Å²) in [5.41, 5.74) is 2.14. The number of benzene rings is 2. The molecule has 0 unspecified atom stereocenters. The second-order valence-electron chi connectivity index (χ2n) is 4.76. The standard InChI is InChI=1S/C16H12ClFN2O.Na.H/c1-20-14-7-6-10(17)8-12(14)16(19-9-15(20)21)11-4-2-3-5-13(11)18;;/h2-8H,9H2,1H3;;/q;+1;-1. The second kappa shape index (κ2) is 6.92. The van der Waals surface area contributed by atoms with Crippen molar-refractivity contribution in [3.63, 3.8) is 0 Å². The van der Waals surface area contributed by atoms with Crippen LogP contribution < -0.4 is 34.5 Å². The first kappa shape index (κ1) is 17.2. The van der Waals surface area contributed by atoms with Crippen LogP contribution in [0.1, 0.15) is 12.6 Å². The van der Waals surface area contributed by atoms with Crippen molar-refractivity contribution in [1.82, 2.24) is 0 Å². The SMILES string of the molecule is CN1C(=O)CN=C(c2ccccc2F)c2cc(Cl)ccc21.[H-].[Na+]. The van der Waals surface area contributed by atoms with Gasteiger partial charge in [-0.1, -0.05) is 23.7 Å². The zero-order valence-corrected chi connectivity index (χ0v) is 15.1. The van der Waals surface area contributed by atoms with Gasteiger partial charge in [0.25, 0.3) is 0 Å². The zero-order chi connectivity index (χ0) is 15.0. The second-order valence-corrected chi connectivity index (χ2v) is 5.20. The number of rotatable bonds is 1. The van der Waals surface area contributed by atoms with Crippen LogP contribution in [0, 0.1) is 5.82 Å². The number of halogens is 2. The van der Waals surface area contributed by atoms with Gasteiger partial charge in [0, 0.05) is 23.2 Å². The molecule has 0 saturated carbocycles. The fourth-order valence-corrected chi connectivity index (χ4v) is 2.52. The van der Waals surface area contributed by atoms with E-state index in [4.69, 9.17) is 11.6 Å². The smallest absolute Gasteiger partial charge is 1.00 e. The minimum absolute atomic E-state index is 0. The van der Waals surface area contributed by atoms with E-state index in [-0.39, 0.29) is 49.3 Å². The number of aliphatic imine (C=N–C) groups is 1. The summed E-state index contributed by atoms with van der Waals surface area (Å²) >= 11 is 6.05. The summed E-state index contributed by atoms with van der Waals surface area (Å²) in [7, 11) is 1.68. The Balaban J connectivity index is 0.00000132. The van der Waals surface area contributed by atoms with Gasteiger partial charge in [0.2, 0.25) is 5.91 Å². The van der Waals surface area contributed by atoms with Crippen molar-refractivity contribution in [3.05, 3.63) is 64.4 Å². The molecule has 0 N–H and O–H groups in total. The number of anilines is 1. The van der Waals surface area contributed by atoms with Crippen molar-refractivity contribution in [3.8, 4) is 0 Å². The topological polar surface area (TPSA) is 32.7 Å². The van der Waals surface area contributed by atoms with E-state index in [1.165, 1.54) is 11.0 Å². The van der Waals surface area contributed by atoms with Crippen LogP contribution in [0.3, 0.4) is 0 Å². The zero-order valence-electron chi connectivity index (χ0n) is 13.3. The molecule has 0 saturated heterocycles. The van der Waals surface area contributed by atoms with Crippen LogP contribution in [0.2, 0.25) is 5.02 Å². The van der Waals surface area contributed by atoms with Crippen LogP contribution >= 0.6 is 11.6 Å². The normalized spacial score (nSPS) is 13.9. The molecule has 0 fully saturated rings. The molecule has 0 radical (unpaired) electrons. The van der Waals surface area contributed by atoms with Gasteiger partial charge in [0.05, 0.1) is 11.4 Å². The van der Waals surface area contributed by atoms with Gasteiger partial charge < -0.3 is 6.33 Å². The van der Waals surface area contributed by atoms with E-state index in [1.807, 2.05) is 0 Å². The molecular formula is C16H13ClFN2NaO. The number of amides is 1. The maximum absolute atomic E-state index is 14.1. The number of carbonyl (C=O) groups is 1. The third-order valence-electron chi connectivity index (χ3n) is 3.45. The quantitative estimate of drug-likeness (QED) is 0.699. The summed E-state index contributed by atoms with van der Waals surface area (Å²) in [6.07, 6.45) is 0. The summed E-state index contributed by atoms with van der Waals surface area (Å²) in [6.45, 7) is -0.0214. The number of carbonyl (C=O) groups excluding carboxylic acids is 1. The summed E-state index contributed by atoms with van der Waals surface area (Å²) < 4.78 is 14.1. The number of likely N-dealkylation sites (N-methyl/N-ethyl adjacent to an activating group) is 1. The van der Waals surface area contributed by atoms with Gasteiger partial charge in [0.1, 0.15) is 12.4 Å². The maximum Gasteiger partial charge on any atom is 1.00 e. The Hall–Kier alpha value is -1.20. The first-order chi connectivity index (χ1) is 10.1. The van der Waals surface area contributed by atoms with Crippen molar-refractivity contribution in [2.24, 2.45) is 4.99 Å². The largest absolute Gasteiger partial charge is 1.00 e. The van der Waals surface area contributed by atoms with E-state index in [0.29, 0.717) is 27.5 Å². The van der Waals surface area contributed by atoms with Crippen molar-refractivity contribution >= 4 is 28.9 Å². The Bertz CT molecular complexity index is 769. The number of fused-ring (bicyclic) bond motifs is 1. The Morgan fingerprint density at radius 3 is 2.68 bits per heavy atom. The van der Waals surface area contributed by atoms with E-state index >= 15 is 0 Å². The molecular weight excluding hydrogens is 314 g/mol. The fraction of sp³-hybridized carbons (Fsp3) is 0.125.